The summed E-state index contributed by atoms with van der Waals surface area (Å²) in [5, 5.41) is 8.65. The Kier molecular flexibility index (Phi) is 4.46. The third-order valence-electron chi connectivity index (χ3n) is 2.99. The molecule has 100 valence electrons. The number of amides is 1. The summed E-state index contributed by atoms with van der Waals surface area (Å²) in [5.41, 5.74) is 0. The SMILES string of the molecule is CCCc1nnc(SCC(=O)N2CCCC2)n1N. The van der Waals surface area contributed by atoms with Crippen molar-refractivity contribution in [2.75, 3.05) is 24.7 Å². The number of nitrogens with two attached hydrogens (primary N) is 1. The van der Waals surface area contributed by atoms with E-state index in [-0.39, 0.29) is 5.91 Å². The summed E-state index contributed by atoms with van der Waals surface area (Å²) in [5.74, 6) is 7.20. The number of hydrogen-bond donors (Lipinski definition) is 1. The first-order chi connectivity index (χ1) is 8.72. The second-order valence-electron chi connectivity index (χ2n) is 4.40. The normalized spacial score (nSPS) is 15.3. The highest BCUT2D eigenvalue weighted by molar-refractivity contribution is 7.99. The molecule has 0 aromatic carbocycles. The van der Waals surface area contributed by atoms with Crippen LogP contribution >= 0.6 is 11.8 Å². The average Bonchev–Trinajstić information content (AvgIpc) is 2.99. The molecule has 6 nitrogen and oxygen atoms in total. The standard InChI is InChI=1S/C11H19N5OS/c1-2-5-9-13-14-11(16(9)12)18-8-10(17)15-6-3-4-7-15/h2-8,12H2,1H3. The monoisotopic (exact) mass is 269 g/mol. The minimum Gasteiger partial charge on any atom is -0.342 e. The van der Waals surface area contributed by atoms with Crippen LogP contribution in [0.5, 0.6) is 0 Å². The van der Waals surface area contributed by atoms with Crippen LogP contribution in [0.25, 0.3) is 0 Å². The number of hydrogen-bond acceptors (Lipinski definition) is 5. The lowest BCUT2D eigenvalue weighted by molar-refractivity contribution is -0.127. The van der Waals surface area contributed by atoms with Gasteiger partial charge in [-0.15, -0.1) is 10.2 Å². The lowest BCUT2D eigenvalue weighted by Gasteiger charge is -2.14. The number of aromatic nitrogens is 3. The highest BCUT2D eigenvalue weighted by atomic mass is 32.2. The van der Waals surface area contributed by atoms with E-state index in [1.807, 2.05) is 4.90 Å². The van der Waals surface area contributed by atoms with E-state index in [1.54, 1.807) is 0 Å². The van der Waals surface area contributed by atoms with E-state index in [9.17, 15) is 4.79 Å². The molecule has 0 aliphatic carbocycles. The first-order valence-electron chi connectivity index (χ1n) is 6.32. The second kappa shape index (κ2) is 6.08. The molecular formula is C11H19N5OS. The summed E-state index contributed by atoms with van der Waals surface area (Å²) in [6.07, 6.45) is 4.02. The molecule has 7 heteroatoms. The highest BCUT2D eigenvalue weighted by Crippen LogP contribution is 2.17. The molecule has 1 amide bonds. The quantitative estimate of drug-likeness (QED) is 0.627. The molecule has 2 rings (SSSR count). The lowest BCUT2D eigenvalue weighted by Crippen LogP contribution is -2.29. The lowest BCUT2D eigenvalue weighted by atomic mass is 10.3. The maximum atomic E-state index is 11.9. The predicted molar refractivity (Wildman–Crippen MR) is 70.7 cm³/mol. The first-order valence-corrected chi connectivity index (χ1v) is 7.31. The van der Waals surface area contributed by atoms with Gasteiger partial charge in [-0.2, -0.15) is 0 Å². The molecule has 1 aromatic rings. The number of aryl methyl sites for hydroxylation is 1. The second-order valence-corrected chi connectivity index (χ2v) is 5.34. The van der Waals surface area contributed by atoms with Gasteiger partial charge in [0, 0.05) is 19.5 Å². The van der Waals surface area contributed by atoms with E-state index in [1.165, 1.54) is 16.4 Å². The zero-order chi connectivity index (χ0) is 13.0. The molecule has 1 aliphatic rings. The predicted octanol–water partition coefficient (Wildman–Crippen LogP) is 0.659. The number of likely N-dealkylation sites (tertiary alicyclic amines) is 1. The molecule has 1 aromatic heterocycles. The van der Waals surface area contributed by atoms with Gasteiger partial charge in [-0.25, -0.2) is 4.68 Å². The van der Waals surface area contributed by atoms with Crippen LogP contribution in [0.2, 0.25) is 0 Å². The Hall–Kier alpha value is -1.24. The molecule has 1 saturated heterocycles. The Morgan fingerprint density at radius 3 is 2.78 bits per heavy atom. The minimum absolute atomic E-state index is 0.164. The smallest absolute Gasteiger partial charge is 0.233 e. The molecule has 0 bridgehead atoms. The van der Waals surface area contributed by atoms with Crippen LogP contribution in [0, 0.1) is 0 Å². The number of thioether (sulfide) groups is 1. The van der Waals surface area contributed by atoms with Crippen LogP contribution in [-0.4, -0.2) is 44.5 Å². The van der Waals surface area contributed by atoms with Gasteiger partial charge >= 0.3 is 0 Å². The van der Waals surface area contributed by atoms with Crippen molar-refractivity contribution >= 4 is 17.7 Å². The van der Waals surface area contributed by atoms with Crippen molar-refractivity contribution in [3.63, 3.8) is 0 Å². The maximum Gasteiger partial charge on any atom is 0.233 e. The zero-order valence-corrected chi connectivity index (χ0v) is 11.4. The largest absolute Gasteiger partial charge is 0.342 e. The molecule has 2 N–H and O–H groups in total. The highest BCUT2D eigenvalue weighted by Gasteiger charge is 2.19. The van der Waals surface area contributed by atoms with Crippen molar-refractivity contribution in [3.8, 4) is 0 Å². The van der Waals surface area contributed by atoms with E-state index < -0.39 is 0 Å². The maximum absolute atomic E-state index is 11.9. The molecule has 2 heterocycles. The summed E-state index contributed by atoms with van der Waals surface area (Å²) < 4.78 is 1.49. The van der Waals surface area contributed by atoms with Crippen molar-refractivity contribution in [3.05, 3.63) is 5.82 Å². The topological polar surface area (TPSA) is 77.0 Å². The fourth-order valence-electron chi connectivity index (χ4n) is 1.98. The van der Waals surface area contributed by atoms with Crippen molar-refractivity contribution < 1.29 is 4.79 Å². The number of nitrogens with zero attached hydrogens (tertiary/aromatic N) is 4. The van der Waals surface area contributed by atoms with Crippen LogP contribution < -0.4 is 5.84 Å². The van der Waals surface area contributed by atoms with Crippen LogP contribution in [0.15, 0.2) is 5.16 Å². The van der Waals surface area contributed by atoms with Crippen LogP contribution in [-0.2, 0) is 11.2 Å². The van der Waals surface area contributed by atoms with Gasteiger partial charge in [0.05, 0.1) is 5.75 Å². The van der Waals surface area contributed by atoms with Crippen molar-refractivity contribution in [1.29, 1.82) is 0 Å². The van der Waals surface area contributed by atoms with Crippen LogP contribution in [0.3, 0.4) is 0 Å². The number of nitrogen functional groups attached to an aromatic ring is 1. The van der Waals surface area contributed by atoms with Gasteiger partial charge in [-0.3, -0.25) is 4.79 Å². The van der Waals surface area contributed by atoms with Gasteiger partial charge < -0.3 is 10.7 Å². The van der Waals surface area contributed by atoms with E-state index >= 15 is 0 Å². The fraction of sp³-hybridized carbons (Fsp3) is 0.727. The molecule has 0 saturated carbocycles. The molecule has 0 spiro atoms. The molecule has 0 atom stereocenters. The Balaban J connectivity index is 1.87. The van der Waals surface area contributed by atoms with Crippen molar-refractivity contribution in [2.24, 2.45) is 0 Å². The zero-order valence-electron chi connectivity index (χ0n) is 10.6. The summed E-state index contributed by atoms with van der Waals surface area (Å²) in [6, 6.07) is 0. The summed E-state index contributed by atoms with van der Waals surface area (Å²) in [4.78, 5) is 13.8. The van der Waals surface area contributed by atoms with Crippen molar-refractivity contribution in [1.82, 2.24) is 19.8 Å². The molecule has 0 unspecified atom stereocenters. The van der Waals surface area contributed by atoms with Gasteiger partial charge in [-0.1, -0.05) is 18.7 Å². The molecule has 18 heavy (non-hydrogen) atoms. The number of rotatable bonds is 5. The van der Waals surface area contributed by atoms with E-state index in [2.05, 4.69) is 17.1 Å². The summed E-state index contributed by atoms with van der Waals surface area (Å²) in [6.45, 7) is 3.84. The first kappa shape index (κ1) is 13.2. The Labute approximate surface area is 111 Å². The van der Waals surface area contributed by atoms with Gasteiger partial charge in [0.15, 0.2) is 5.82 Å². The van der Waals surface area contributed by atoms with Gasteiger partial charge in [-0.05, 0) is 19.3 Å². The van der Waals surface area contributed by atoms with Crippen LogP contribution in [0.4, 0.5) is 0 Å². The van der Waals surface area contributed by atoms with Gasteiger partial charge in [0.25, 0.3) is 0 Å². The average molecular weight is 269 g/mol. The summed E-state index contributed by atoms with van der Waals surface area (Å²) >= 11 is 1.36. The summed E-state index contributed by atoms with van der Waals surface area (Å²) in [7, 11) is 0. The fourth-order valence-corrected chi connectivity index (χ4v) is 2.76. The van der Waals surface area contributed by atoms with E-state index in [0.29, 0.717) is 10.9 Å². The molecule has 1 fully saturated rings. The molecular weight excluding hydrogens is 250 g/mol. The molecule has 0 radical (unpaired) electrons. The third kappa shape index (κ3) is 2.95. The van der Waals surface area contributed by atoms with Gasteiger partial charge in [0.1, 0.15) is 0 Å². The Morgan fingerprint density at radius 1 is 1.39 bits per heavy atom. The Morgan fingerprint density at radius 2 is 2.11 bits per heavy atom. The number of carbonyl (C=O) groups is 1. The Bertz CT molecular complexity index is 414. The minimum atomic E-state index is 0.164. The molecule has 1 aliphatic heterocycles. The third-order valence-corrected chi connectivity index (χ3v) is 3.92. The number of carbonyl (C=O) groups excluding carboxylic acids is 1. The van der Waals surface area contributed by atoms with E-state index in [4.69, 9.17) is 5.84 Å². The van der Waals surface area contributed by atoms with Gasteiger partial charge in [0.2, 0.25) is 11.1 Å². The van der Waals surface area contributed by atoms with E-state index in [0.717, 1.165) is 44.6 Å². The van der Waals surface area contributed by atoms with Crippen molar-refractivity contribution in [2.45, 2.75) is 37.8 Å². The van der Waals surface area contributed by atoms with Crippen LogP contribution in [0.1, 0.15) is 32.0 Å².